The van der Waals surface area contributed by atoms with Gasteiger partial charge in [0.15, 0.2) is 0 Å². The Balaban J connectivity index is 1.35. The summed E-state index contributed by atoms with van der Waals surface area (Å²) in [6.07, 6.45) is 0. The zero-order valence-electron chi connectivity index (χ0n) is 38.2. The van der Waals surface area contributed by atoms with Gasteiger partial charge >= 0.3 is 0 Å². The van der Waals surface area contributed by atoms with Crippen LogP contribution in [0.4, 0.5) is 62.2 Å². The molecule has 0 saturated carbocycles. The number of nitrogens with zero attached hydrogens (tertiary/aromatic N) is 12. The molecule has 3 aromatic heterocycles. The SMILES string of the molecule is CCN(CC)c1cc(Nc2nc(Nc3cc(N(CC)CC)c(OC)cc3N=Nc3nc4cc(S(=O)(=O)O)c(Cl)cc4s3)nc(N(CCO)CCO)n2)c(N=Nc2nc3ccc(Cl)cc3s2)cc1OC. The van der Waals surface area contributed by atoms with Gasteiger partial charge in [0.2, 0.25) is 28.1 Å². The molecule has 26 heteroatoms. The number of fused-ring (bicyclic) bond motifs is 2. The maximum atomic E-state index is 11.9. The summed E-state index contributed by atoms with van der Waals surface area (Å²) in [5, 5.41) is 45.9. The van der Waals surface area contributed by atoms with Crippen LogP contribution >= 0.6 is 45.9 Å². The van der Waals surface area contributed by atoms with Crippen LogP contribution in [-0.2, 0) is 10.1 Å². The highest BCUT2D eigenvalue weighted by Crippen LogP contribution is 2.44. The second-order valence-corrected chi connectivity index (χ2v) is 18.9. The highest BCUT2D eigenvalue weighted by atomic mass is 35.5. The number of anilines is 7. The van der Waals surface area contributed by atoms with E-state index in [4.69, 9.17) is 47.6 Å². The minimum Gasteiger partial charge on any atom is -0.494 e. The van der Waals surface area contributed by atoms with Gasteiger partial charge in [-0.25, -0.2) is 9.97 Å². The zero-order chi connectivity index (χ0) is 49.4. The van der Waals surface area contributed by atoms with Gasteiger partial charge in [-0.05, 0) is 70.2 Å². The number of hydrogen-bond donors (Lipinski definition) is 5. The van der Waals surface area contributed by atoms with Crippen molar-refractivity contribution in [2.24, 2.45) is 20.5 Å². The number of azo groups is 2. The van der Waals surface area contributed by atoms with Crippen LogP contribution in [-0.4, -0.2) is 115 Å². The molecule has 21 nitrogen and oxygen atoms in total. The normalized spacial score (nSPS) is 11.9. The second kappa shape index (κ2) is 22.5. The first-order chi connectivity index (χ1) is 33.2. The third-order valence-corrected chi connectivity index (χ3v) is 13.8. The van der Waals surface area contributed by atoms with Gasteiger partial charge in [0.25, 0.3) is 10.1 Å². The van der Waals surface area contributed by atoms with E-state index in [1.807, 2.05) is 52.0 Å². The van der Waals surface area contributed by atoms with Gasteiger partial charge < -0.3 is 45.0 Å². The summed E-state index contributed by atoms with van der Waals surface area (Å²) in [6, 6.07) is 15.1. The van der Waals surface area contributed by atoms with E-state index in [1.165, 1.54) is 23.5 Å². The second-order valence-electron chi connectivity index (χ2n) is 14.6. The van der Waals surface area contributed by atoms with E-state index in [0.29, 0.717) is 69.6 Å². The van der Waals surface area contributed by atoms with Crippen molar-refractivity contribution in [1.82, 2.24) is 24.9 Å². The first-order valence-corrected chi connectivity index (χ1v) is 25.2. The van der Waals surface area contributed by atoms with Crippen molar-refractivity contribution >= 4 is 139 Å². The molecule has 69 heavy (non-hydrogen) atoms. The molecule has 7 aromatic rings. The zero-order valence-corrected chi connectivity index (χ0v) is 42.1. The van der Waals surface area contributed by atoms with Crippen molar-refractivity contribution in [3.63, 3.8) is 0 Å². The quantitative estimate of drug-likeness (QED) is 0.0312. The summed E-state index contributed by atoms with van der Waals surface area (Å²) in [7, 11) is -1.49. The largest absolute Gasteiger partial charge is 0.494 e. The fraction of sp³-hybridized carbons (Fsp3) is 0.326. The van der Waals surface area contributed by atoms with E-state index in [0.717, 1.165) is 32.9 Å². The standard InChI is InChI=1S/C43H48Cl2N14O7S3/c1-7-57(8-2)32-19-27(29(21-34(32)65-5)53-55-42-48-26-12-11-24(44)17-36(26)67-42)46-39-50-40(52-41(51-39)59(13-15-60)14-16-61)47-28-20-33(58(9-3)10-4)35(66-6)22-30(28)54-56-43-49-31-23-38(69(62,63)64)25(45)18-37(31)68-43/h11-12,17-23,60-61H,7-10,13-16H2,1-6H3,(H,62,63,64)(H2,46,47,50,51,52). The van der Waals surface area contributed by atoms with Crippen LogP contribution in [0, 0.1) is 0 Å². The lowest BCUT2D eigenvalue weighted by Gasteiger charge is -2.25. The number of aromatic nitrogens is 5. The molecule has 0 aliphatic carbocycles. The van der Waals surface area contributed by atoms with E-state index < -0.39 is 15.0 Å². The number of aliphatic hydroxyl groups is 2. The number of benzene rings is 4. The fourth-order valence-corrected chi connectivity index (χ4v) is 10.1. The highest BCUT2D eigenvalue weighted by molar-refractivity contribution is 7.86. The van der Waals surface area contributed by atoms with Crippen LogP contribution in [0.25, 0.3) is 20.4 Å². The van der Waals surface area contributed by atoms with Crippen LogP contribution in [0.2, 0.25) is 10.0 Å². The van der Waals surface area contributed by atoms with Gasteiger partial charge in [0.05, 0.1) is 75.6 Å². The number of nitrogens with one attached hydrogen (secondary N) is 2. The molecule has 364 valence electrons. The Morgan fingerprint density at radius 1 is 0.638 bits per heavy atom. The van der Waals surface area contributed by atoms with Gasteiger partial charge in [0, 0.05) is 56.4 Å². The molecule has 0 amide bonds. The van der Waals surface area contributed by atoms with Gasteiger partial charge in [-0.15, -0.1) is 20.5 Å². The molecule has 0 radical (unpaired) electrons. The van der Waals surface area contributed by atoms with Gasteiger partial charge in [-0.2, -0.15) is 23.4 Å². The lowest BCUT2D eigenvalue weighted by molar-refractivity contribution is 0.280. The molecule has 0 fully saturated rings. The fourth-order valence-electron chi connectivity index (χ4n) is 7.12. The summed E-state index contributed by atoms with van der Waals surface area (Å²) in [5.74, 6) is 1.25. The van der Waals surface area contributed by atoms with Crippen LogP contribution in [0.1, 0.15) is 27.7 Å². The van der Waals surface area contributed by atoms with Crippen LogP contribution in [0.3, 0.4) is 0 Å². The molecule has 0 unspecified atom stereocenters. The number of halogens is 2. The Kier molecular flexibility index (Phi) is 16.6. The molecule has 3 heterocycles. The maximum Gasteiger partial charge on any atom is 0.296 e. The maximum absolute atomic E-state index is 11.9. The Bertz CT molecular complexity index is 3130. The summed E-state index contributed by atoms with van der Waals surface area (Å²) < 4.78 is 46.6. The summed E-state index contributed by atoms with van der Waals surface area (Å²) >= 11 is 14.9. The molecule has 0 spiro atoms. The molecular formula is C43H48Cl2N14O7S3. The van der Waals surface area contributed by atoms with E-state index in [1.54, 1.807) is 37.3 Å². The van der Waals surface area contributed by atoms with Crippen molar-refractivity contribution in [3.8, 4) is 11.5 Å². The van der Waals surface area contributed by atoms with Crippen LogP contribution in [0.15, 0.2) is 79.9 Å². The first kappa shape index (κ1) is 50.7. The molecule has 0 aliphatic rings. The molecule has 0 bridgehead atoms. The van der Waals surface area contributed by atoms with Crippen molar-refractivity contribution in [3.05, 3.63) is 64.6 Å². The molecule has 5 N–H and O–H groups in total. The Hall–Kier alpha value is -6.12. The van der Waals surface area contributed by atoms with E-state index in [2.05, 4.69) is 50.9 Å². The summed E-state index contributed by atoms with van der Waals surface area (Å²) in [6.45, 7) is 10.3. The Morgan fingerprint density at radius 3 is 1.59 bits per heavy atom. The molecule has 0 saturated heterocycles. The molecule has 4 aromatic carbocycles. The smallest absolute Gasteiger partial charge is 0.296 e. The number of aliphatic hydroxyl groups excluding tert-OH is 2. The average Bonchev–Trinajstić information content (AvgIpc) is 3.93. The van der Waals surface area contributed by atoms with Crippen molar-refractivity contribution in [2.45, 2.75) is 32.6 Å². The molecule has 0 aliphatic heterocycles. The Labute approximate surface area is 415 Å². The van der Waals surface area contributed by atoms with Gasteiger partial charge in [-0.1, -0.05) is 45.9 Å². The number of rotatable bonds is 22. The predicted molar refractivity (Wildman–Crippen MR) is 273 cm³/mol. The van der Waals surface area contributed by atoms with Crippen LogP contribution in [0.5, 0.6) is 11.5 Å². The number of thiazole rings is 2. The predicted octanol–water partition coefficient (Wildman–Crippen LogP) is 10.5. The van der Waals surface area contributed by atoms with E-state index in [9.17, 15) is 23.2 Å². The highest BCUT2D eigenvalue weighted by Gasteiger charge is 2.22. The van der Waals surface area contributed by atoms with Crippen molar-refractivity contribution in [2.75, 3.05) is 92.0 Å². The number of hydrogen-bond acceptors (Lipinski definition) is 22. The lowest BCUT2D eigenvalue weighted by atomic mass is 10.2. The third kappa shape index (κ3) is 11.8. The lowest BCUT2D eigenvalue weighted by Crippen LogP contribution is -2.31. The van der Waals surface area contributed by atoms with E-state index >= 15 is 0 Å². The third-order valence-electron chi connectivity index (χ3n) is 10.5. The minimum atomic E-state index is -4.62. The number of ether oxygens (including phenoxy) is 2. The topological polar surface area (TPSA) is 261 Å². The average molecular weight is 1040 g/mol. The van der Waals surface area contributed by atoms with Crippen LogP contribution < -0.4 is 34.8 Å². The molecular weight excluding hydrogens is 992 g/mol. The van der Waals surface area contributed by atoms with E-state index in [-0.39, 0.29) is 65.5 Å². The van der Waals surface area contributed by atoms with Crippen molar-refractivity contribution in [1.29, 1.82) is 0 Å². The van der Waals surface area contributed by atoms with Gasteiger partial charge in [-0.3, -0.25) is 4.55 Å². The Morgan fingerprint density at radius 2 is 1.13 bits per heavy atom. The van der Waals surface area contributed by atoms with Crippen molar-refractivity contribution < 1.29 is 32.7 Å². The number of methoxy groups -OCH3 is 2. The summed E-state index contributed by atoms with van der Waals surface area (Å²) in [5.41, 5.74) is 3.93. The molecule has 0 atom stereocenters. The minimum absolute atomic E-state index is 0.0386. The monoisotopic (exact) mass is 1040 g/mol. The first-order valence-electron chi connectivity index (χ1n) is 21.4. The molecule has 7 rings (SSSR count). The van der Waals surface area contributed by atoms with Gasteiger partial charge in [0.1, 0.15) is 27.8 Å². The summed E-state index contributed by atoms with van der Waals surface area (Å²) in [4.78, 5) is 28.7.